The van der Waals surface area contributed by atoms with Crippen LogP contribution in [0, 0.1) is 0 Å². The molecule has 0 aliphatic carbocycles. The average molecular weight is 370 g/mol. The van der Waals surface area contributed by atoms with E-state index in [1.807, 2.05) is 60.7 Å². The van der Waals surface area contributed by atoms with Crippen molar-refractivity contribution in [1.82, 2.24) is 10.4 Å². The third-order valence-corrected chi connectivity index (χ3v) is 4.25. The minimum absolute atomic E-state index is 0.116. The smallest absolute Gasteiger partial charge is 0.424 e. The molecular formula is C20H22N2O5. The maximum absolute atomic E-state index is 12.4. The topological polar surface area (TPSA) is 88.1 Å². The molecule has 0 unspecified atom stereocenters. The Balaban J connectivity index is 1.58. The van der Waals surface area contributed by atoms with Crippen molar-refractivity contribution in [3.05, 3.63) is 71.8 Å². The highest BCUT2D eigenvalue weighted by molar-refractivity contribution is 5.75. The van der Waals surface area contributed by atoms with Crippen LogP contribution in [-0.4, -0.2) is 40.9 Å². The Morgan fingerprint density at radius 3 is 2.19 bits per heavy atom. The zero-order valence-corrected chi connectivity index (χ0v) is 14.8. The van der Waals surface area contributed by atoms with Crippen molar-refractivity contribution in [3.8, 4) is 0 Å². The van der Waals surface area contributed by atoms with Crippen LogP contribution in [-0.2, 0) is 27.5 Å². The van der Waals surface area contributed by atoms with Crippen molar-refractivity contribution in [2.45, 2.75) is 31.8 Å². The number of carbonyl (C=O) groups excluding carboxylic acids is 1. The molecule has 2 N–H and O–H groups in total. The number of rotatable bonds is 6. The summed E-state index contributed by atoms with van der Waals surface area (Å²) in [5, 5.41) is 10.5. The molecule has 1 heterocycles. The van der Waals surface area contributed by atoms with Gasteiger partial charge in [-0.2, -0.15) is 0 Å². The van der Waals surface area contributed by atoms with Crippen LogP contribution in [0.25, 0.3) is 0 Å². The van der Waals surface area contributed by atoms with Gasteiger partial charge < -0.3 is 14.6 Å². The van der Waals surface area contributed by atoms with Gasteiger partial charge in [0, 0.05) is 6.42 Å². The number of hydrazine groups is 1. The van der Waals surface area contributed by atoms with E-state index < -0.39 is 24.2 Å². The highest BCUT2D eigenvalue weighted by Gasteiger charge is 2.34. The van der Waals surface area contributed by atoms with Crippen LogP contribution in [0.4, 0.5) is 4.79 Å². The van der Waals surface area contributed by atoms with Gasteiger partial charge in [-0.3, -0.25) is 4.79 Å². The van der Waals surface area contributed by atoms with Crippen molar-refractivity contribution in [1.29, 1.82) is 0 Å². The molecule has 0 bridgehead atoms. The zero-order valence-electron chi connectivity index (χ0n) is 14.8. The van der Waals surface area contributed by atoms with Gasteiger partial charge in [-0.05, 0) is 11.1 Å². The maximum atomic E-state index is 12.4. The Labute approximate surface area is 157 Å². The van der Waals surface area contributed by atoms with Gasteiger partial charge in [-0.1, -0.05) is 60.7 Å². The summed E-state index contributed by atoms with van der Waals surface area (Å²) in [7, 11) is 0. The minimum atomic E-state index is -1.04. The normalized spacial score (nSPS) is 19.5. The Bertz CT molecular complexity index is 753. The molecule has 1 saturated heterocycles. The van der Waals surface area contributed by atoms with E-state index in [9.17, 15) is 14.7 Å². The summed E-state index contributed by atoms with van der Waals surface area (Å²) in [5.74, 6) is -1.04. The highest BCUT2D eigenvalue weighted by atomic mass is 16.6. The second-order valence-corrected chi connectivity index (χ2v) is 6.33. The molecule has 7 heteroatoms. The van der Waals surface area contributed by atoms with Gasteiger partial charge in [0.15, 0.2) is 0 Å². The van der Waals surface area contributed by atoms with Crippen LogP contribution >= 0.6 is 0 Å². The zero-order chi connectivity index (χ0) is 19.1. The summed E-state index contributed by atoms with van der Waals surface area (Å²) in [5.41, 5.74) is 4.54. The van der Waals surface area contributed by atoms with E-state index in [4.69, 9.17) is 9.47 Å². The molecular weight excluding hydrogens is 348 g/mol. The van der Waals surface area contributed by atoms with Crippen molar-refractivity contribution in [2.24, 2.45) is 0 Å². The number of carboxylic acids is 1. The number of ether oxygens (including phenoxy) is 2. The quantitative estimate of drug-likeness (QED) is 0.813. The molecule has 142 valence electrons. The van der Waals surface area contributed by atoms with E-state index >= 15 is 0 Å². The first kappa shape index (κ1) is 18.9. The van der Waals surface area contributed by atoms with E-state index in [2.05, 4.69) is 5.43 Å². The Kier molecular flexibility index (Phi) is 6.40. The summed E-state index contributed by atoms with van der Waals surface area (Å²) < 4.78 is 11.1. The number of aliphatic carboxylic acids is 1. The number of nitrogens with one attached hydrogen (secondary N) is 1. The van der Waals surface area contributed by atoms with Crippen LogP contribution in [0.3, 0.4) is 0 Å². The molecule has 1 amide bonds. The SMILES string of the molecule is O=C(O)[C@@H]1C[C@H](OCc2ccccc2)CN(C(=O)OCc2ccccc2)N1. The summed E-state index contributed by atoms with van der Waals surface area (Å²) >= 11 is 0. The molecule has 0 saturated carbocycles. The third-order valence-electron chi connectivity index (χ3n) is 4.25. The van der Waals surface area contributed by atoms with Crippen LogP contribution in [0.15, 0.2) is 60.7 Å². The van der Waals surface area contributed by atoms with Crippen LogP contribution in [0.2, 0.25) is 0 Å². The number of benzene rings is 2. The first-order valence-corrected chi connectivity index (χ1v) is 8.74. The molecule has 0 radical (unpaired) electrons. The monoisotopic (exact) mass is 370 g/mol. The lowest BCUT2D eigenvalue weighted by Gasteiger charge is -2.36. The van der Waals surface area contributed by atoms with Crippen LogP contribution < -0.4 is 5.43 Å². The number of hydrogen-bond acceptors (Lipinski definition) is 5. The number of carboxylic acid groups (broad SMARTS) is 1. The molecule has 2 aromatic rings. The van der Waals surface area contributed by atoms with Crippen LogP contribution in [0.5, 0.6) is 0 Å². The fraction of sp³-hybridized carbons (Fsp3) is 0.300. The first-order chi connectivity index (χ1) is 13.1. The van der Waals surface area contributed by atoms with E-state index in [0.29, 0.717) is 6.61 Å². The number of hydrogen-bond donors (Lipinski definition) is 2. The molecule has 3 rings (SSSR count). The number of amides is 1. The van der Waals surface area contributed by atoms with E-state index in [0.717, 1.165) is 11.1 Å². The molecule has 1 aliphatic heterocycles. The van der Waals surface area contributed by atoms with Gasteiger partial charge in [-0.25, -0.2) is 15.2 Å². The molecule has 2 aromatic carbocycles. The predicted octanol–water partition coefficient (Wildman–Crippen LogP) is 2.57. The molecule has 0 aromatic heterocycles. The second-order valence-electron chi connectivity index (χ2n) is 6.33. The molecule has 1 fully saturated rings. The lowest BCUT2D eigenvalue weighted by molar-refractivity contribution is -0.145. The molecule has 1 aliphatic rings. The lowest BCUT2D eigenvalue weighted by atomic mass is 10.1. The summed E-state index contributed by atoms with van der Waals surface area (Å²) in [6, 6.07) is 18.0. The van der Waals surface area contributed by atoms with Crippen molar-refractivity contribution in [3.63, 3.8) is 0 Å². The fourth-order valence-corrected chi connectivity index (χ4v) is 2.82. The van der Waals surface area contributed by atoms with Crippen molar-refractivity contribution in [2.75, 3.05) is 6.54 Å². The van der Waals surface area contributed by atoms with Crippen LogP contribution in [0.1, 0.15) is 17.5 Å². The standard InChI is InChI=1S/C20H22N2O5/c23-19(24)18-11-17(26-13-15-7-3-1-4-8-15)12-22(21-18)20(25)27-14-16-9-5-2-6-10-16/h1-10,17-18,21H,11-14H2,(H,23,24)/t17-,18-/m0/s1. The minimum Gasteiger partial charge on any atom is -0.480 e. The van der Waals surface area contributed by atoms with Gasteiger partial charge in [0.05, 0.1) is 19.3 Å². The van der Waals surface area contributed by atoms with E-state index in [1.165, 1.54) is 5.01 Å². The second kappa shape index (κ2) is 9.16. The van der Waals surface area contributed by atoms with Gasteiger partial charge in [0.2, 0.25) is 0 Å². The average Bonchev–Trinajstić information content (AvgIpc) is 2.71. The molecule has 7 nitrogen and oxygen atoms in total. The number of nitrogens with zero attached hydrogens (tertiary/aromatic N) is 1. The van der Waals surface area contributed by atoms with E-state index in [1.54, 1.807) is 0 Å². The van der Waals surface area contributed by atoms with Crippen molar-refractivity contribution >= 4 is 12.1 Å². The lowest BCUT2D eigenvalue weighted by Crippen LogP contribution is -2.59. The van der Waals surface area contributed by atoms with E-state index in [-0.39, 0.29) is 19.6 Å². The largest absolute Gasteiger partial charge is 0.480 e. The Morgan fingerprint density at radius 2 is 1.59 bits per heavy atom. The fourth-order valence-electron chi connectivity index (χ4n) is 2.82. The van der Waals surface area contributed by atoms with Gasteiger partial charge in [0.1, 0.15) is 12.6 Å². The molecule has 27 heavy (non-hydrogen) atoms. The summed E-state index contributed by atoms with van der Waals surface area (Å²) in [4.78, 5) is 23.8. The summed E-state index contributed by atoms with van der Waals surface area (Å²) in [6.45, 7) is 0.681. The van der Waals surface area contributed by atoms with Gasteiger partial charge in [-0.15, -0.1) is 0 Å². The van der Waals surface area contributed by atoms with Gasteiger partial charge >= 0.3 is 12.1 Å². The third kappa shape index (κ3) is 5.54. The highest BCUT2D eigenvalue weighted by Crippen LogP contribution is 2.16. The molecule has 0 spiro atoms. The Hall–Kier alpha value is -2.90. The van der Waals surface area contributed by atoms with Gasteiger partial charge in [0.25, 0.3) is 0 Å². The Morgan fingerprint density at radius 1 is 1.00 bits per heavy atom. The van der Waals surface area contributed by atoms with Crippen molar-refractivity contribution < 1.29 is 24.2 Å². The number of carbonyl (C=O) groups is 2. The maximum Gasteiger partial charge on any atom is 0.424 e. The molecule has 2 atom stereocenters. The first-order valence-electron chi connectivity index (χ1n) is 8.74. The predicted molar refractivity (Wildman–Crippen MR) is 97.5 cm³/mol. The summed E-state index contributed by atoms with van der Waals surface area (Å²) in [6.07, 6.45) is -0.764.